The Bertz CT molecular complexity index is 321. The van der Waals surface area contributed by atoms with Crippen molar-refractivity contribution >= 4 is 0 Å². The summed E-state index contributed by atoms with van der Waals surface area (Å²) in [7, 11) is 1.69. The second-order valence-electron chi connectivity index (χ2n) is 4.54. The molecule has 0 aliphatic carbocycles. The molecule has 1 aromatic rings. The van der Waals surface area contributed by atoms with Gasteiger partial charge in [-0.3, -0.25) is 0 Å². The summed E-state index contributed by atoms with van der Waals surface area (Å²) >= 11 is 0. The van der Waals surface area contributed by atoms with Gasteiger partial charge in [0.1, 0.15) is 18.1 Å². The van der Waals surface area contributed by atoms with E-state index >= 15 is 0 Å². The molecule has 2 atom stereocenters. The van der Waals surface area contributed by atoms with Crippen LogP contribution in [0, 0.1) is 5.92 Å². The molecule has 90 valence electrons. The molecular weight excluding hydrogens is 202 g/mol. The molecule has 16 heavy (non-hydrogen) atoms. The van der Waals surface area contributed by atoms with Crippen LogP contribution >= 0.6 is 0 Å². The number of hydrogen-bond donors (Lipinski definition) is 1. The average Bonchev–Trinajstić information content (AvgIpc) is 2.78. The standard InChI is InChI=1S/C13H21NO2/c1-3-10-6-7-14-12(8-10)13-5-4-11(16-13)9-15-2/h4-5,10,12,14H,3,6-9H2,1-2H3. The Labute approximate surface area is 97.2 Å². The maximum Gasteiger partial charge on any atom is 0.129 e. The Kier molecular flexibility index (Phi) is 4.02. The van der Waals surface area contributed by atoms with Gasteiger partial charge in [0.2, 0.25) is 0 Å². The lowest BCUT2D eigenvalue weighted by Gasteiger charge is -2.28. The minimum Gasteiger partial charge on any atom is -0.462 e. The van der Waals surface area contributed by atoms with Crippen molar-refractivity contribution in [2.75, 3.05) is 13.7 Å². The molecule has 1 N–H and O–H groups in total. The molecule has 2 heterocycles. The Balaban J connectivity index is 1.99. The normalized spacial score (nSPS) is 25.9. The first-order chi connectivity index (χ1) is 7.83. The van der Waals surface area contributed by atoms with Crippen molar-refractivity contribution in [3.05, 3.63) is 23.7 Å². The van der Waals surface area contributed by atoms with E-state index in [1.807, 2.05) is 6.07 Å². The van der Waals surface area contributed by atoms with Crippen molar-refractivity contribution in [1.29, 1.82) is 0 Å². The molecular formula is C13H21NO2. The van der Waals surface area contributed by atoms with Crippen LogP contribution in [0.5, 0.6) is 0 Å². The third kappa shape index (κ3) is 2.66. The van der Waals surface area contributed by atoms with Gasteiger partial charge in [-0.1, -0.05) is 13.3 Å². The summed E-state index contributed by atoms with van der Waals surface area (Å²) in [5.74, 6) is 2.81. The van der Waals surface area contributed by atoms with E-state index in [1.165, 1.54) is 19.3 Å². The summed E-state index contributed by atoms with van der Waals surface area (Å²) in [5.41, 5.74) is 0. The zero-order valence-electron chi connectivity index (χ0n) is 10.2. The van der Waals surface area contributed by atoms with Gasteiger partial charge in [-0.05, 0) is 37.4 Å². The Morgan fingerprint density at radius 3 is 3.12 bits per heavy atom. The van der Waals surface area contributed by atoms with Crippen LogP contribution in [0.4, 0.5) is 0 Å². The van der Waals surface area contributed by atoms with Gasteiger partial charge in [0, 0.05) is 7.11 Å². The predicted octanol–water partition coefficient (Wildman–Crippen LogP) is 2.88. The number of furan rings is 1. The number of rotatable bonds is 4. The highest BCUT2D eigenvalue weighted by atomic mass is 16.5. The lowest BCUT2D eigenvalue weighted by Crippen LogP contribution is -2.31. The molecule has 3 nitrogen and oxygen atoms in total. The van der Waals surface area contributed by atoms with Crippen LogP contribution in [0.2, 0.25) is 0 Å². The highest BCUT2D eigenvalue weighted by Gasteiger charge is 2.23. The second kappa shape index (κ2) is 5.51. The minimum atomic E-state index is 0.393. The van der Waals surface area contributed by atoms with Crippen LogP contribution in [0.15, 0.2) is 16.5 Å². The maximum absolute atomic E-state index is 5.77. The van der Waals surface area contributed by atoms with Gasteiger partial charge in [-0.2, -0.15) is 0 Å². The first kappa shape index (κ1) is 11.7. The average molecular weight is 223 g/mol. The van der Waals surface area contributed by atoms with Crippen LogP contribution in [-0.2, 0) is 11.3 Å². The van der Waals surface area contributed by atoms with Crippen LogP contribution in [0.3, 0.4) is 0 Å². The number of nitrogens with one attached hydrogen (secondary N) is 1. The summed E-state index contributed by atoms with van der Waals surface area (Å²) in [6, 6.07) is 4.48. The number of methoxy groups -OCH3 is 1. The molecule has 3 heteroatoms. The van der Waals surface area contributed by atoms with Crippen LogP contribution in [-0.4, -0.2) is 13.7 Å². The van der Waals surface area contributed by atoms with E-state index in [1.54, 1.807) is 7.11 Å². The Morgan fingerprint density at radius 1 is 1.50 bits per heavy atom. The lowest BCUT2D eigenvalue weighted by atomic mass is 9.89. The zero-order chi connectivity index (χ0) is 11.4. The quantitative estimate of drug-likeness (QED) is 0.852. The molecule has 1 aromatic heterocycles. The summed E-state index contributed by atoms with van der Waals surface area (Å²) in [6.45, 7) is 3.93. The Morgan fingerprint density at radius 2 is 2.38 bits per heavy atom. The first-order valence-electron chi connectivity index (χ1n) is 6.14. The number of piperidine rings is 1. The maximum atomic E-state index is 5.77. The van der Waals surface area contributed by atoms with Gasteiger partial charge in [-0.25, -0.2) is 0 Å². The summed E-state index contributed by atoms with van der Waals surface area (Å²) < 4.78 is 10.8. The smallest absolute Gasteiger partial charge is 0.129 e. The topological polar surface area (TPSA) is 34.4 Å². The fraction of sp³-hybridized carbons (Fsp3) is 0.692. The van der Waals surface area contributed by atoms with Crippen molar-refractivity contribution in [3.8, 4) is 0 Å². The molecule has 1 aliphatic heterocycles. The molecule has 0 radical (unpaired) electrons. The largest absolute Gasteiger partial charge is 0.462 e. The summed E-state index contributed by atoms with van der Waals surface area (Å²) in [6.07, 6.45) is 3.75. The number of hydrogen-bond acceptors (Lipinski definition) is 3. The van der Waals surface area contributed by atoms with Crippen molar-refractivity contribution in [1.82, 2.24) is 5.32 Å². The van der Waals surface area contributed by atoms with Gasteiger partial charge < -0.3 is 14.5 Å². The van der Waals surface area contributed by atoms with Crippen LogP contribution < -0.4 is 5.32 Å². The zero-order valence-corrected chi connectivity index (χ0v) is 10.2. The second-order valence-corrected chi connectivity index (χ2v) is 4.54. The van der Waals surface area contributed by atoms with Gasteiger partial charge >= 0.3 is 0 Å². The van der Waals surface area contributed by atoms with Crippen molar-refractivity contribution < 1.29 is 9.15 Å². The highest BCUT2D eigenvalue weighted by Crippen LogP contribution is 2.30. The van der Waals surface area contributed by atoms with E-state index in [9.17, 15) is 0 Å². The monoisotopic (exact) mass is 223 g/mol. The predicted molar refractivity (Wildman–Crippen MR) is 63.2 cm³/mol. The van der Waals surface area contributed by atoms with Gasteiger partial charge in [0.15, 0.2) is 0 Å². The van der Waals surface area contributed by atoms with Crippen molar-refractivity contribution in [3.63, 3.8) is 0 Å². The van der Waals surface area contributed by atoms with E-state index in [4.69, 9.17) is 9.15 Å². The SMILES string of the molecule is CCC1CCNC(c2ccc(COC)o2)C1. The number of ether oxygens (including phenoxy) is 1. The molecule has 1 saturated heterocycles. The van der Waals surface area contributed by atoms with Gasteiger partial charge in [0.25, 0.3) is 0 Å². The van der Waals surface area contributed by atoms with Crippen LogP contribution in [0.1, 0.15) is 43.7 Å². The van der Waals surface area contributed by atoms with E-state index in [0.29, 0.717) is 12.6 Å². The molecule has 1 fully saturated rings. The highest BCUT2D eigenvalue weighted by molar-refractivity contribution is 5.11. The van der Waals surface area contributed by atoms with E-state index in [-0.39, 0.29) is 0 Å². The van der Waals surface area contributed by atoms with Gasteiger partial charge in [0.05, 0.1) is 6.04 Å². The fourth-order valence-electron chi connectivity index (χ4n) is 2.39. The molecule has 0 aromatic carbocycles. The van der Waals surface area contributed by atoms with Crippen molar-refractivity contribution in [2.24, 2.45) is 5.92 Å². The molecule has 0 bridgehead atoms. The Hall–Kier alpha value is -0.800. The van der Waals surface area contributed by atoms with E-state index < -0.39 is 0 Å². The molecule has 1 aliphatic rings. The molecule has 0 spiro atoms. The van der Waals surface area contributed by atoms with Gasteiger partial charge in [-0.15, -0.1) is 0 Å². The van der Waals surface area contributed by atoms with E-state index in [2.05, 4.69) is 18.3 Å². The molecule has 0 saturated carbocycles. The lowest BCUT2D eigenvalue weighted by molar-refractivity contribution is 0.159. The third-order valence-corrected chi connectivity index (χ3v) is 3.40. The minimum absolute atomic E-state index is 0.393. The molecule has 0 amide bonds. The molecule has 2 unspecified atom stereocenters. The molecule has 2 rings (SSSR count). The van der Waals surface area contributed by atoms with Crippen molar-refractivity contribution in [2.45, 2.75) is 38.8 Å². The first-order valence-corrected chi connectivity index (χ1v) is 6.14. The summed E-state index contributed by atoms with van der Waals surface area (Å²) in [4.78, 5) is 0. The van der Waals surface area contributed by atoms with Crippen LogP contribution in [0.25, 0.3) is 0 Å². The summed E-state index contributed by atoms with van der Waals surface area (Å²) in [5, 5.41) is 3.52. The van der Waals surface area contributed by atoms with E-state index in [0.717, 1.165) is 24.0 Å². The third-order valence-electron chi connectivity index (χ3n) is 3.40. The fourth-order valence-corrected chi connectivity index (χ4v) is 2.39.